The Balaban J connectivity index is 2.48. The lowest BCUT2D eigenvalue weighted by atomic mass is 9.67. The second-order valence-electron chi connectivity index (χ2n) is 7.24. The van der Waals surface area contributed by atoms with Crippen molar-refractivity contribution < 1.29 is 13.0 Å². The summed E-state index contributed by atoms with van der Waals surface area (Å²) in [6, 6.07) is 0. The van der Waals surface area contributed by atoms with Crippen molar-refractivity contribution >= 4 is 10.1 Å². The predicted octanol–water partition coefficient (Wildman–Crippen LogP) is 3.04. The average molecular weight is 291 g/mol. The lowest BCUT2D eigenvalue weighted by Crippen LogP contribution is -2.35. The molecule has 0 aromatic heterocycles. The summed E-state index contributed by atoms with van der Waals surface area (Å²) in [5.41, 5.74) is 5.88. The fraction of sp³-hybridized carbons (Fsp3) is 1.00. The molecule has 19 heavy (non-hydrogen) atoms. The van der Waals surface area contributed by atoms with Crippen molar-refractivity contribution in [2.75, 3.05) is 0 Å². The molecular formula is C14H29NO3S. The predicted molar refractivity (Wildman–Crippen MR) is 78.2 cm³/mol. The van der Waals surface area contributed by atoms with Crippen LogP contribution in [0.25, 0.3) is 0 Å². The Morgan fingerprint density at radius 2 is 1.68 bits per heavy atom. The molecule has 0 amide bonds. The maximum absolute atomic E-state index is 11.0. The Bertz CT molecular complexity index is 378. The molecule has 1 rings (SSSR count). The first kappa shape index (κ1) is 16.9. The van der Waals surface area contributed by atoms with Crippen molar-refractivity contribution in [2.45, 2.75) is 65.2 Å². The van der Waals surface area contributed by atoms with Crippen LogP contribution >= 0.6 is 0 Å². The van der Waals surface area contributed by atoms with E-state index < -0.39 is 15.5 Å². The molecule has 0 radical (unpaired) electrons. The van der Waals surface area contributed by atoms with Crippen molar-refractivity contribution in [1.29, 1.82) is 0 Å². The van der Waals surface area contributed by atoms with Gasteiger partial charge in [0.15, 0.2) is 0 Å². The van der Waals surface area contributed by atoms with Crippen LogP contribution in [-0.2, 0) is 10.1 Å². The van der Waals surface area contributed by atoms with Gasteiger partial charge in [-0.1, -0.05) is 27.7 Å². The lowest BCUT2D eigenvalue weighted by Gasteiger charge is -2.39. The highest BCUT2D eigenvalue weighted by Gasteiger charge is 2.33. The van der Waals surface area contributed by atoms with E-state index in [1.54, 1.807) is 0 Å². The lowest BCUT2D eigenvalue weighted by molar-refractivity contribution is 0.125. The van der Waals surface area contributed by atoms with E-state index in [4.69, 9.17) is 10.3 Å². The molecule has 0 aromatic carbocycles. The summed E-state index contributed by atoms with van der Waals surface area (Å²) in [5.74, 6) is 1.54. The van der Waals surface area contributed by atoms with Crippen LogP contribution in [-0.4, -0.2) is 18.3 Å². The highest BCUT2D eigenvalue weighted by Crippen LogP contribution is 2.42. The number of hydrogen-bond donors (Lipinski definition) is 2. The summed E-state index contributed by atoms with van der Waals surface area (Å²) in [4.78, 5) is 0. The highest BCUT2D eigenvalue weighted by molar-refractivity contribution is 7.86. The molecular weight excluding hydrogens is 262 g/mol. The van der Waals surface area contributed by atoms with Gasteiger partial charge < -0.3 is 5.73 Å². The van der Waals surface area contributed by atoms with Crippen LogP contribution < -0.4 is 5.73 Å². The molecule has 5 heteroatoms. The zero-order chi connectivity index (χ0) is 14.8. The van der Waals surface area contributed by atoms with Crippen molar-refractivity contribution in [3.63, 3.8) is 0 Å². The maximum Gasteiger partial charge on any atom is 0.280 e. The minimum Gasteiger partial charge on any atom is -0.313 e. The van der Waals surface area contributed by atoms with E-state index in [-0.39, 0.29) is 5.92 Å². The molecule has 2 unspecified atom stereocenters. The fourth-order valence-corrected chi connectivity index (χ4v) is 3.78. The van der Waals surface area contributed by atoms with E-state index in [2.05, 4.69) is 20.8 Å². The third kappa shape index (κ3) is 5.04. The molecule has 1 fully saturated rings. The minimum atomic E-state index is -4.09. The summed E-state index contributed by atoms with van der Waals surface area (Å²) in [5, 5.41) is -1.14. The zero-order valence-corrected chi connectivity index (χ0v) is 13.4. The molecule has 1 aliphatic carbocycles. The van der Waals surface area contributed by atoms with Gasteiger partial charge in [0.25, 0.3) is 10.1 Å². The van der Waals surface area contributed by atoms with Crippen LogP contribution in [0.1, 0.15) is 59.8 Å². The van der Waals surface area contributed by atoms with Crippen molar-refractivity contribution in [2.24, 2.45) is 28.9 Å². The van der Waals surface area contributed by atoms with Crippen molar-refractivity contribution in [3.05, 3.63) is 0 Å². The van der Waals surface area contributed by atoms with Gasteiger partial charge in [-0.25, -0.2) is 0 Å². The minimum absolute atomic E-state index is 0.248. The normalized spacial score (nSPS) is 28.9. The van der Waals surface area contributed by atoms with E-state index in [1.165, 1.54) is 12.8 Å². The number of rotatable bonds is 4. The Kier molecular flexibility index (Phi) is 5.43. The van der Waals surface area contributed by atoms with Gasteiger partial charge in [0.1, 0.15) is 5.37 Å². The number of hydrogen-bond acceptors (Lipinski definition) is 3. The third-order valence-electron chi connectivity index (χ3n) is 4.79. The van der Waals surface area contributed by atoms with Crippen LogP contribution in [0, 0.1) is 23.2 Å². The average Bonchev–Trinajstić information content (AvgIpc) is 2.26. The quantitative estimate of drug-likeness (QED) is 0.780. The van der Waals surface area contributed by atoms with Gasteiger partial charge in [0, 0.05) is 0 Å². The fourth-order valence-electron chi connectivity index (χ4n) is 3.23. The number of nitrogens with two attached hydrogens (primary N) is 1. The Morgan fingerprint density at radius 1 is 1.21 bits per heavy atom. The molecule has 0 aliphatic heterocycles. The molecule has 0 heterocycles. The van der Waals surface area contributed by atoms with Crippen LogP contribution in [0.15, 0.2) is 0 Å². The maximum atomic E-state index is 11.0. The molecule has 1 saturated carbocycles. The SMILES string of the molecule is CC(CC(N)S(=O)(=O)O)C1CCC(C(C)(C)C)CC1. The van der Waals surface area contributed by atoms with Gasteiger partial charge in [-0.3, -0.25) is 4.55 Å². The Hall–Kier alpha value is -0.130. The monoisotopic (exact) mass is 291 g/mol. The van der Waals surface area contributed by atoms with Gasteiger partial charge in [-0.05, 0) is 55.3 Å². The Labute approximate surface area is 117 Å². The van der Waals surface area contributed by atoms with Gasteiger partial charge in [-0.15, -0.1) is 0 Å². The molecule has 3 N–H and O–H groups in total. The van der Waals surface area contributed by atoms with Gasteiger partial charge in [0.05, 0.1) is 0 Å². The van der Waals surface area contributed by atoms with Gasteiger partial charge in [0.2, 0.25) is 0 Å². The standard InChI is InChI=1S/C14H29NO3S/c1-10(9-13(15)19(16,17)18)11-5-7-12(8-6-11)14(2,3)4/h10-13H,5-9,15H2,1-4H3,(H,16,17,18). The zero-order valence-electron chi connectivity index (χ0n) is 12.6. The van der Waals surface area contributed by atoms with Crippen LogP contribution in [0.4, 0.5) is 0 Å². The van der Waals surface area contributed by atoms with Crippen molar-refractivity contribution in [3.8, 4) is 0 Å². The second-order valence-corrected chi connectivity index (χ2v) is 8.88. The van der Waals surface area contributed by atoms with Gasteiger partial charge in [-0.2, -0.15) is 8.42 Å². The highest BCUT2D eigenvalue weighted by atomic mass is 32.2. The van der Waals surface area contributed by atoms with Crippen LogP contribution in [0.3, 0.4) is 0 Å². The first-order chi connectivity index (χ1) is 8.51. The second kappa shape index (κ2) is 6.10. The largest absolute Gasteiger partial charge is 0.313 e. The smallest absolute Gasteiger partial charge is 0.280 e. The molecule has 2 atom stereocenters. The molecule has 0 aromatic rings. The molecule has 114 valence electrons. The molecule has 0 bridgehead atoms. The first-order valence-corrected chi connectivity index (χ1v) is 8.74. The summed E-state index contributed by atoms with van der Waals surface area (Å²) in [6.07, 6.45) is 5.05. The van der Waals surface area contributed by atoms with E-state index in [9.17, 15) is 8.42 Å². The molecule has 0 saturated heterocycles. The first-order valence-electron chi connectivity index (χ1n) is 7.23. The summed E-state index contributed by atoms with van der Waals surface area (Å²) >= 11 is 0. The molecule has 0 spiro atoms. The van der Waals surface area contributed by atoms with E-state index in [1.807, 2.05) is 6.92 Å². The van der Waals surface area contributed by atoms with Crippen molar-refractivity contribution in [1.82, 2.24) is 0 Å². The third-order valence-corrected chi connectivity index (χ3v) is 5.75. The van der Waals surface area contributed by atoms with E-state index in [0.717, 1.165) is 18.8 Å². The molecule has 1 aliphatic rings. The van der Waals surface area contributed by atoms with E-state index >= 15 is 0 Å². The Morgan fingerprint density at radius 3 is 2.05 bits per heavy atom. The van der Waals surface area contributed by atoms with E-state index in [0.29, 0.717) is 17.8 Å². The summed E-state index contributed by atoms with van der Waals surface area (Å²) in [6.45, 7) is 8.91. The summed E-state index contributed by atoms with van der Waals surface area (Å²) in [7, 11) is -4.09. The summed E-state index contributed by atoms with van der Waals surface area (Å²) < 4.78 is 30.9. The van der Waals surface area contributed by atoms with Crippen LogP contribution in [0.5, 0.6) is 0 Å². The molecule has 4 nitrogen and oxygen atoms in total. The topological polar surface area (TPSA) is 80.4 Å². The van der Waals surface area contributed by atoms with Crippen LogP contribution in [0.2, 0.25) is 0 Å². The van der Waals surface area contributed by atoms with Gasteiger partial charge >= 0.3 is 0 Å².